The third kappa shape index (κ3) is 4.03. The molecule has 0 bridgehead atoms. The molecule has 7 heteroatoms. The molecule has 17 heavy (non-hydrogen) atoms. The highest BCUT2D eigenvalue weighted by molar-refractivity contribution is 5.69. The van der Waals surface area contributed by atoms with Crippen LogP contribution in [0.2, 0.25) is 0 Å². The maximum Gasteiger partial charge on any atom is 0.407 e. The zero-order valence-electron chi connectivity index (χ0n) is 8.46. The van der Waals surface area contributed by atoms with Gasteiger partial charge in [-0.2, -0.15) is 13.2 Å². The fraction of sp³-hybridized carbons (Fsp3) is 0.300. The Morgan fingerprint density at radius 2 is 1.82 bits per heavy atom. The van der Waals surface area contributed by atoms with E-state index in [0.717, 1.165) is 24.3 Å². The molecule has 0 saturated carbocycles. The van der Waals surface area contributed by atoms with E-state index >= 15 is 0 Å². The monoisotopic (exact) mass is 251 g/mol. The molecular weight excluding hydrogens is 242 g/mol. The van der Waals surface area contributed by atoms with Crippen molar-refractivity contribution in [2.75, 3.05) is 6.54 Å². The number of alkyl halides is 3. The van der Waals surface area contributed by atoms with Crippen LogP contribution in [0.25, 0.3) is 0 Å². The van der Waals surface area contributed by atoms with Crippen molar-refractivity contribution in [3.63, 3.8) is 0 Å². The largest absolute Gasteiger partial charge is 0.480 e. The second-order valence-electron chi connectivity index (χ2n) is 3.30. The normalized spacial score (nSPS) is 13.4. The van der Waals surface area contributed by atoms with Gasteiger partial charge in [-0.15, -0.1) is 0 Å². The van der Waals surface area contributed by atoms with E-state index in [0.29, 0.717) is 0 Å². The van der Waals surface area contributed by atoms with E-state index in [1.165, 1.54) is 0 Å². The Hall–Kier alpha value is -1.63. The Bertz CT molecular complexity index is 388. The lowest BCUT2D eigenvalue weighted by Crippen LogP contribution is -2.37. The molecule has 0 heterocycles. The second-order valence-corrected chi connectivity index (χ2v) is 3.30. The van der Waals surface area contributed by atoms with E-state index in [1.807, 2.05) is 5.32 Å². The maximum atomic E-state index is 12.6. The summed E-state index contributed by atoms with van der Waals surface area (Å²) in [5, 5.41) is 10.2. The second kappa shape index (κ2) is 5.13. The number of hydrogen-bond acceptors (Lipinski definition) is 2. The van der Waals surface area contributed by atoms with Gasteiger partial charge in [0.25, 0.3) is 0 Å². The van der Waals surface area contributed by atoms with Gasteiger partial charge in [0.1, 0.15) is 11.9 Å². The standard InChI is InChI=1S/C10H9F4NO2/c11-7-3-1-6(2-4-7)9(10(12,13)14)15-5-8(16)17/h1-4,9,15H,5H2,(H,16,17). The average Bonchev–Trinajstić information content (AvgIpc) is 2.18. The smallest absolute Gasteiger partial charge is 0.407 e. The number of hydrogen-bond donors (Lipinski definition) is 2. The molecular formula is C10H9F4NO2. The lowest BCUT2D eigenvalue weighted by Gasteiger charge is -2.21. The number of nitrogens with one attached hydrogen (secondary N) is 1. The number of carboxylic acids is 1. The van der Waals surface area contributed by atoms with Gasteiger partial charge in [0, 0.05) is 0 Å². The highest BCUT2D eigenvalue weighted by atomic mass is 19.4. The summed E-state index contributed by atoms with van der Waals surface area (Å²) < 4.78 is 50.4. The molecule has 1 aromatic rings. The molecule has 0 aliphatic carbocycles. The van der Waals surface area contributed by atoms with E-state index in [2.05, 4.69) is 0 Å². The number of benzene rings is 1. The van der Waals surface area contributed by atoms with Gasteiger partial charge < -0.3 is 5.11 Å². The van der Waals surface area contributed by atoms with Crippen molar-refractivity contribution in [3.8, 4) is 0 Å². The number of carbonyl (C=O) groups is 1. The zero-order valence-corrected chi connectivity index (χ0v) is 8.46. The topological polar surface area (TPSA) is 49.3 Å². The van der Waals surface area contributed by atoms with Crippen LogP contribution in [0.3, 0.4) is 0 Å². The Morgan fingerprint density at radius 1 is 1.29 bits per heavy atom. The summed E-state index contributed by atoms with van der Waals surface area (Å²) in [6.07, 6.45) is -4.65. The molecule has 3 nitrogen and oxygen atoms in total. The molecule has 94 valence electrons. The van der Waals surface area contributed by atoms with Gasteiger partial charge in [0.05, 0.1) is 6.54 Å². The lowest BCUT2D eigenvalue weighted by molar-refractivity contribution is -0.159. The molecule has 2 N–H and O–H groups in total. The molecule has 1 unspecified atom stereocenters. The van der Waals surface area contributed by atoms with Crippen LogP contribution in [-0.2, 0) is 4.79 Å². The van der Waals surface area contributed by atoms with Crippen LogP contribution in [0, 0.1) is 5.82 Å². The first-order valence-corrected chi connectivity index (χ1v) is 4.58. The van der Waals surface area contributed by atoms with Crippen LogP contribution in [0.5, 0.6) is 0 Å². The quantitative estimate of drug-likeness (QED) is 0.806. The van der Waals surface area contributed by atoms with E-state index < -0.39 is 30.5 Å². The molecule has 0 aliphatic heterocycles. The molecule has 1 rings (SSSR count). The average molecular weight is 251 g/mol. The Labute approximate surface area is 94.1 Å². The van der Waals surface area contributed by atoms with Gasteiger partial charge in [-0.05, 0) is 17.7 Å². The third-order valence-electron chi connectivity index (χ3n) is 1.99. The van der Waals surface area contributed by atoms with Crippen molar-refractivity contribution in [2.24, 2.45) is 0 Å². The number of carboxylic acid groups (broad SMARTS) is 1. The van der Waals surface area contributed by atoms with Crippen LogP contribution in [0.4, 0.5) is 17.6 Å². The molecule has 0 amide bonds. The van der Waals surface area contributed by atoms with Crippen LogP contribution in [-0.4, -0.2) is 23.8 Å². The number of halogens is 4. The summed E-state index contributed by atoms with van der Waals surface area (Å²) in [6, 6.07) is 1.57. The Kier molecular flexibility index (Phi) is 4.06. The van der Waals surface area contributed by atoms with Crippen LogP contribution in [0.15, 0.2) is 24.3 Å². The van der Waals surface area contributed by atoms with Crippen molar-refractivity contribution in [2.45, 2.75) is 12.2 Å². The first-order chi connectivity index (χ1) is 7.80. The third-order valence-corrected chi connectivity index (χ3v) is 1.99. The molecule has 1 aromatic carbocycles. The SMILES string of the molecule is O=C(O)CNC(c1ccc(F)cc1)C(F)(F)F. The maximum absolute atomic E-state index is 12.6. The van der Waals surface area contributed by atoms with Crippen LogP contribution < -0.4 is 5.32 Å². The minimum atomic E-state index is -4.65. The molecule has 0 aliphatic rings. The van der Waals surface area contributed by atoms with Gasteiger partial charge in [-0.3, -0.25) is 10.1 Å². The van der Waals surface area contributed by atoms with Gasteiger partial charge in [-0.1, -0.05) is 12.1 Å². The van der Waals surface area contributed by atoms with Crippen molar-refractivity contribution >= 4 is 5.97 Å². The summed E-state index contributed by atoms with van der Waals surface area (Å²) >= 11 is 0. The molecule has 0 fully saturated rings. The first kappa shape index (κ1) is 13.4. The summed E-state index contributed by atoms with van der Waals surface area (Å²) in [7, 11) is 0. The van der Waals surface area contributed by atoms with Crippen molar-refractivity contribution in [1.82, 2.24) is 5.32 Å². The number of rotatable bonds is 4. The molecule has 0 spiro atoms. The van der Waals surface area contributed by atoms with Gasteiger partial charge in [-0.25, -0.2) is 4.39 Å². The minimum absolute atomic E-state index is 0.236. The van der Waals surface area contributed by atoms with E-state index in [4.69, 9.17) is 5.11 Å². The zero-order chi connectivity index (χ0) is 13.1. The van der Waals surface area contributed by atoms with Gasteiger partial charge in [0.2, 0.25) is 0 Å². The molecule has 0 saturated heterocycles. The van der Waals surface area contributed by atoms with Crippen molar-refractivity contribution in [1.29, 1.82) is 0 Å². The van der Waals surface area contributed by atoms with Gasteiger partial charge >= 0.3 is 12.1 Å². The van der Waals surface area contributed by atoms with Crippen molar-refractivity contribution in [3.05, 3.63) is 35.6 Å². The highest BCUT2D eigenvalue weighted by Gasteiger charge is 2.40. The lowest BCUT2D eigenvalue weighted by atomic mass is 10.1. The first-order valence-electron chi connectivity index (χ1n) is 4.58. The fourth-order valence-corrected chi connectivity index (χ4v) is 1.27. The Balaban J connectivity index is 2.90. The Morgan fingerprint density at radius 3 is 2.24 bits per heavy atom. The molecule has 0 radical (unpaired) electrons. The molecule has 0 aromatic heterocycles. The summed E-state index contributed by atoms with van der Waals surface area (Å²) in [5.74, 6) is -2.06. The van der Waals surface area contributed by atoms with E-state index in [1.54, 1.807) is 0 Å². The highest BCUT2D eigenvalue weighted by Crippen LogP contribution is 2.32. The van der Waals surface area contributed by atoms with Crippen molar-refractivity contribution < 1.29 is 27.5 Å². The number of aliphatic carboxylic acids is 1. The van der Waals surface area contributed by atoms with Crippen LogP contribution in [0.1, 0.15) is 11.6 Å². The molecule has 1 atom stereocenters. The minimum Gasteiger partial charge on any atom is -0.480 e. The predicted molar refractivity (Wildman–Crippen MR) is 50.8 cm³/mol. The fourth-order valence-electron chi connectivity index (χ4n) is 1.27. The van der Waals surface area contributed by atoms with Gasteiger partial charge in [0.15, 0.2) is 0 Å². The summed E-state index contributed by atoms with van der Waals surface area (Å²) in [6.45, 7) is -0.832. The summed E-state index contributed by atoms with van der Waals surface area (Å²) in [5.41, 5.74) is -0.236. The summed E-state index contributed by atoms with van der Waals surface area (Å²) in [4.78, 5) is 10.2. The predicted octanol–water partition coefficient (Wildman–Crippen LogP) is 2.10. The van der Waals surface area contributed by atoms with E-state index in [9.17, 15) is 22.4 Å². The van der Waals surface area contributed by atoms with E-state index in [-0.39, 0.29) is 5.56 Å². The van der Waals surface area contributed by atoms with Crippen LogP contribution >= 0.6 is 0 Å².